The first kappa shape index (κ1) is 13.3. The molecule has 4 nitrogen and oxygen atoms in total. The van der Waals surface area contributed by atoms with Crippen molar-refractivity contribution in [1.29, 1.82) is 0 Å². The molecule has 1 saturated heterocycles. The molecule has 16 heavy (non-hydrogen) atoms. The number of halogens is 1. The zero-order chi connectivity index (χ0) is 12.3. The Balaban J connectivity index is 2.60. The van der Waals surface area contributed by atoms with Crippen LogP contribution in [0.2, 0.25) is 0 Å². The molecule has 0 aliphatic carbocycles. The number of aliphatic carboxylic acids is 1. The van der Waals surface area contributed by atoms with Gasteiger partial charge in [0.15, 0.2) is 6.10 Å². The predicted octanol–water partition coefficient (Wildman–Crippen LogP) is 1.90. The van der Waals surface area contributed by atoms with Crippen LogP contribution >= 0.6 is 11.6 Å². The lowest BCUT2D eigenvalue weighted by Gasteiger charge is -2.24. The maximum atomic E-state index is 10.9. The normalized spacial score (nSPS) is 24.2. The van der Waals surface area contributed by atoms with Gasteiger partial charge in [0, 0.05) is 26.1 Å². The highest BCUT2D eigenvalue weighted by molar-refractivity contribution is 6.29. The molecule has 0 radical (unpaired) electrons. The van der Waals surface area contributed by atoms with E-state index < -0.39 is 12.1 Å². The van der Waals surface area contributed by atoms with E-state index in [0.29, 0.717) is 18.3 Å². The molecule has 0 aromatic carbocycles. The number of carbonyl (C=O) groups is 1. The standard InChI is InChI=1S/C11H18ClNO3/c1-7(2)10(12)13(3)6-8-4-5-16-9(8)11(14)15/h8-9H,4-6H2,1-3H3,(H,14,15)/t8?,9-/m1/s1. The van der Waals surface area contributed by atoms with Gasteiger partial charge in [-0.15, -0.1) is 0 Å². The minimum absolute atomic E-state index is 0.00981. The first-order valence-electron chi connectivity index (χ1n) is 5.32. The smallest absolute Gasteiger partial charge is 0.333 e. The van der Waals surface area contributed by atoms with E-state index in [0.717, 1.165) is 12.0 Å². The maximum Gasteiger partial charge on any atom is 0.333 e. The molecule has 0 bridgehead atoms. The van der Waals surface area contributed by atoms with E-state index in [9.17, 15) is 4.79 Å². The van der Waals surface area contributed by atoms with Crippen molar-refractivity contribution in [1.82, 2.24) is 4.90 Å². The molecule has 1 unspecified atom stereocenters. The molecule has 0 saturated carbocycles. The van der Waals surface area contributed by atoms with Crippen LogP contribution in [0.5, 0.6) is 0 Å². The van der Waals surface area contributed by atoms with Gasteiger partial charge in [0.1, 0.15) is 5.16 Å². The maximum absolute atomic E-state index is 10.9. The second kappa shape index (κ2) is 5.55. The topological polar surface area (TPSA) is 49.8 Å². The predicted molar refractivity (Wildman–Crippen MR) is 62.3 cm³/mol. The van der Waals surface area contributed by atoms with Crippen molar-refractivity contribution in [3.63, 3.8) is 0 Å². The molecule has 1 aliphatic rings. The van der Waals surface area contributed by atoms with Crippen LogP contribution in [0.4, 0.5) is 0 Å². The van der Waals surface area contributed by atoms with Gasteiger partial charge >= 0.3 is 5.97 Å². The molecule has 1 rings (SSSR count). The molecule has 0 aromatic rings. The largest absolute Gasteiger partial charge is 0.479 e. The summed E-state index contributed by atoms with van der Waals surface area (Å²) < 4.78 is 5.18. The molecule has 0 amide bonds. The highest BCUT2D eigenvalue weighted by Gasteiger charge is 2.34. The van der Waals surface area contributed by atoms with Gasteiger partial charge in [-0.1, -0.05) is 11.6 Å². The minimum atomic E-state index is -0.885. The number of allylic oxidation sites excluding steroid dienone is 1. The van der Waals surface area contributed by atoms with Gasteiger partial charge in [0.25, 0.3) is 0 Å². The molecule has 1 N–H and O–H groups in total. The summed E-state index contributed by atoms with van der Waals surface area (Å²) >= 11 is 6.09. The third-order valence-electron chi connectivity index (χ3n) is 2.71. The third-order valence-corrected chi connectivity index (χ3v) is 3.38. The van der Waals surface area contributed by atoms with Crippen LogP contribution in [0, 0.1) is 5.92 Å². The minimum Gasteiger partial charge on any atom is -0.479 e. The van der Waals surface area contributed by atoms with E-state index in [1.807, 2.05) is 25.8 Å². The van der Waals surface area contributed by atoms with E-state index in [4.69, 9.17) is 21.4 Å². The van der Waals surface area contributed by atoms with E-state index >= 15 is 0 Å². The van der Waals surface area contributed by atoms with Crippen LogP contribution in [0.25, 0.3) is 0 Å². The Morgan fingerprint density at radius 2 is 2.19 bits per heavy atom. The highest BCUT2D eigenvalue weighted by Crippen LogP contribution is 2.24. The highest BCUT2D eigenvalue weighted by atomic mass is 35.5. The summed E-state index contributed by atoms with van der Waals surface area (Å²) in [6, 6.07) is 0. The van der Waals surface area contributed by atoms with Crippen molar-refractivity contribution in [3.05, 3.63) is 10.7 Å². The van der Waals surface area contributed by atoms with Crippen LogP contribution in [-0.2, 0) is 9.53 Å². The Morgan fingerprint density at radius 3 is 2.69 bits per heavy atom. The van der Waals surface area contributed by atoms with Crippen LogP contribution in [0.15, 0.2) is 10.7 Å². The Kier molecular flexibility index (Phi) is 4.62. The first-order valence-corrected chi connectivity index (χ1v) is 5.69. The SMILES string of the molecule is CC(C)=C(Cl)N(C)CC1CCO[C@H]1C(=O)O. The van der Waals surface area contributed by atoms with E-state index in [1.165, 1.54) is 0 Å². The molecular weight excluding hydrogens is 230 g/mol. The molecule has 0 aromatic heterocycles. The molecule has 1 heterocycles. The van der Waals surface area contributed by atoms with Gasteiger partial charge in [0.05, 0.1) is 0 Å². The zero-order valence-corrected chi connectivity index (χ0v) is 10.6. The molecular formula is C11H18ClNO3. The number of rotatable bonds is 4. The molecule has 0 spiro atoms. The summed E-state index contributed by atoms with van der Waals surface area (Å²) in [6.45, 7) is 4.99. The summed E-state index contributed by atoms with van der Waals surface area (Å²) in [7, 11) is 1.87. The summed E-state index contributed by atoms with van der Waals surface area (Å²) in [5, 5.41) is 9.63. The summed E-state index contributed by atoms with van der Waals surface area (Å²) in [6.07, 6.45) is 0.0814. The van der Waals surface area contributed by atoms with Crippen LogP contribution in [-0.4, -0.2) is 42.3 Å². The summed E-state index contributed by atoms with van der Waals surface area (Å²) in [5.74, 6) is -0.875. The monoisotopic (exact) mass is 247 g/mol. The molecule has 2 atom stereocenters. The molecule has 92 valence electrons. The van der Waals surface area contributed by atoms with Gasteiger partial charge in [-0.2, -0.15) is 0 Å². The van der Waals surface area contributed by atoms with Crippen molar-refractivity contribution < 1.29 is 14.6 Å². The number of ether oxygens (including phenoxy) is 1. The number of carboxylic acid groups (broad SMARTS) is 1. The lowest BCUT2D eigenvalue weighted by Crippen LogP contribution is -2.34. The van der Waals surface area contributed by atoms with Gasteiger partial charge < -0.3 is 14.7 Å². The molecule has 1 aliphatic heterocycles. The summed E-state index contributed by atoms with van der Waals surface area (Å²) in [4.78, 5) is 12.8. The van der Waals surface area contributed by atoms with Crippen molar-refractivity contribution in [2.24, 2.45) is 5.92 Å². The van der Waals surface area contributed by atoms with Crippen LogP contribution in [0.3, 0.4) is 0 Å². The van der Waals surface area contributed by atoms with Crippen molar-refractivity contribution in [3.8, 4) is 0 Å². The fourth-order valence-electron chi connectivity index (χ4n) is 1.91. The fraction of sp³-hybridized carbons (Fsp3) is 0.727. The van der Waals surface area contributed by atoms with Crippen molar-refractivity contribution >= 4 is 17.6 Å². The zero-order valence-electron chi connectivity index (χ0n) is 9.86. The van der Waals surface area contributed by atoms with E-state index in [-0.39, 0.29) is 5.92 Å². The van der Waals surface area contributed by atoms with Crippen LogP contribution < -0.4 is 0 Å². The van der Waals surface area contributed by atoms with Gasteiger partial charge in [0.2, 0.25) is 0 Å². The number of hydrogen-bond acceptors (Lipinski definition) is 3. The van der Waals surface area contributed by atoms with E-state index in [1.54, 1.807) is 0 Å². The van der Waals surface area contributed by atoms with Gasteiger partial charge in [-0.25, -0.2) is 4.79 Å². The average molecular weight is 248 g/mol. The second-order valence-electron chi connectivity index (χ2n) is 4.35. The Hall–Kier alpha value is -0.740. The molecule has 5 heteroatoms. The molecule has 1 fully saturated rings. The Labute approximate surface area is 101 Å². The Morgan fingerprint density at radius 1 is 1.56 bits per heavy atom. The van der Waals surface area contributed by atoms with Crippen molar-refractivity contribution in [2.45, 2.75) is 26.4 Å². The number of nitrogens with zero attached hydrogens (tertiary/aromatic N) is 1. The van der Waals surface area contributed by atoms with Crippen LogP contribution in [0.1, 0.15) is 20.3 Å². The van der Waals surface area contributed by atoms with Gasteiger partial charge in [-0.05, 0) is 25.8 Å². The third kappa shape index (κ3) is 3.12. The first-order chi connectivity index (χ1) is 7.43. The summed E-state index contributed by atoms with van der Waals surface area (Å²) in [5.41, 5.74) is 1.02. The quantitative estimate of drug-likeness (QED) is 0.771. The number of carboxylic acids is 1. The second-order valence-corrected chi connectivity index (χ2v) is 4.71. The Bertz CT molecular complexity index is 300. The lowest BCUT2D eigenvalue weighted by molar-refractivity contribution is -0.149. The van der Waals surface area contributed by atoms with Gasteiger partial charge in [-0.3, -0.25) is 0 Å². The lowest BCUT2D eigenvalue weighted by atomic mass is 10.0. The van der Waals surface area contributed by atoms with E-state index in [2.05, 4.69) is 0 Å². The fourth-order valence-corrected chi connectivity index (χ4v) is 1.98. The average Bonchev–Trinajstić information content (AvgIpc) is 2.64. The number of hydrogen-bond donors (Lipinski definition) is 1. The van der Waals surface area contributed by atoms with Crippen molar-refractivity contribution in [2.75, 3.05) is 20.2 Å².